The van der Waals surface area contributed by atoms with E-state index in [0.29, 0.717) is 6.04 Å². The minimum absolute atomic E-state index is 0.538. The maximum atomic E-state index is 3.84. The van der Waals surface area contributed by atoms with Crippen LogP contribution in [0.2, 0.25) is 0 Å². The zero-order valence-electron chi connectivity index (χ0n) is 13.1. The number of unbranched alkanes of at least 4 members (excludes halogenated alkanes) is 1. The minimum atomic E-state index is 0.538. The average Bonchev–Trinajstić information content (AvgIpc) is 2.50. The molecule has 2 nitrogen and oxygen atoms in total. The molecule has 1 N–H and O–H groups in total. The molecule has 2 rings (SSSR count). The number of hydrogen-bond acceptors (Lipinski definition) is 2. The number of piperidine rings is 1. The maximum absolute atomic E-state index is 3.84. The van der Waals surface area contributed by atoms with Gasteiger partial charge < -0.3 is 10.2 Å². The van der Waals surface area contributed by atoms with Crippen LogP contribution in [0, 0.1) is 5.92 Å². The highest BCUT2D eigenvalue weighted by Gasteiger charge is 2.18. The molecule has 0 aliphatic carbocycles. The van der Waals surface area contributed by atoms with Gasteiger partial charge in [-0.2, -0.15) is 0 Å². The van der Waals surface area contributed by atoms with Gasteiger partial charge in [0, 0.05) is 6.04 Å². The van der Waals surface area contributed by atoms with Crippen molar-refractivity contribution in [3.05, 3.63) is 35.9 Å². The van der Waals surface area contributed by atoms with Gasteiger partial charge in [0.25, 0.3) is 0 Å². The van der Waals surface area contributed by atoms with Crippen LogP contribution in [0.3, 0.4) is 0 Å². The van der Waals surface area contributed by atoms with Crippen LogP contribution in [0.4, 0.5) is 0 Å². The second-order valence-corrected chi connectivity index (χ2v) is 6.26. The Balaban J connectivity index is 1.84. The molecule has 1 atom stereocenters. The highest BCUT2D eigenvalue weighted by Crippen LogP contribution is 2.21. The van der Waals surface area contributed by atoms with Gasteiger partial charge in [-0.3, -0.25) is 0 Å². The van der Waals surface area contributed by atoms with Crippen LogP contribution in [0.25, 0.3) is 0 Å². The van der Waals surface area contributed by atoms with Crippen LogP contribution in [-0.4, -0.2) is 31.6 Å². The van der Waals surface area contributed by atoms with Crippen molar-refractivity contribution in [3.63, 3.8) is 0 Å². The summed E-state index contributed by atoms with van der Waals surface area (Å²) in [5, 5.41) is 3.84. The molecular weight excluding hydrogens is 244 g/mol. The van der Waals surface area contributed by atoms with Crippen molar-refractivity contribution < 1.29 is 0 Å². The van der Waals surface area contributed by atoms with E-state index >= 15 is 0 Å². The smallest absolute Gasteiger partial charge is 0.0320 e. The molecule has 0 amide bonds. The standard InChI is InChI=1S/C18H30N2/c1-3-4-10-18(17-8-6-5-7-9-17)19-15-16-11-13-20(2)14-12-16/h5-9,16,18-19H,3-4,10-15H2,1-2H3. The number of benzene rings is 1. The van der Waals surface area contributed by atoms with Crippen molar-refractivity contribution in [1.82, 2.24) is 10.2 Å². The molecule has 0 saturated carbocycles. The SMILES string of the molecule is CCCCC(NCC1CCN(C)CC1)c1ccccc1. The second kappa shape index (κ2) is 8.43. The van der Waals surface area contributed by atoms with Crippen LogP contribution in [0.5, 0.6) is 0 Å². The normalized spacial score (nSPS) is 19.1. The Hall–Kier alpha value is -0.860. The van der Waals surface area contributed by atoms with E-state index in [1.54, 1.807) is 0 Å². The van der Waals surface area contributed by atoms with E-state index < -0.39 is 0 Å². The van der Waals surface area contributed by atoms with Gasteiger partial charge in [-0.15, -0.1) is 0 Å². The van der Waals surface area contributed by atoms with Crippen LogP contribution in [0.15, 0.2) is 30.3 Å². The molecule has 1 fully saturated rings. The summed E-state index contributed by atoms with van der Waals surface area (Å²) >= 11 is 0. The van der Waals surface area contributed by atoms with Gasteiger partial charge in [0.05, 0.1) is 0 Å². The summed E-state index contributed by atoms with van der Waals surface area (Å²) in [6, 6.07) is 11.5. The predicted octanol–water partition coefficient (Wildman–Crippen LogP) is 3.85. The molecule has 0 bridgehead atoms. The van der Waals surface area contributed by atoms with Crippen LogP contribution in [-0.2, 0) is 0 Å². The lowest BCUT2D eigenvalue weighted by atomic mass is 9.95. The molecule has 20 heavy (non-hydrogen) atoms. The van der Waals surface area contributed by atoms with Gasteiger partial charge in [0.2, 0.25) is 0 Å². The molecule has 1 aromatic rings. The molecule has 1 saturated heterocycles. The summed E-state index contributed by atoms with van der Waals surface area (Å²) in [6.07, 6.45) is 6.53. The molecule has 2 heteroatoms. The largest absolute Gasteiger partial charge is 0.310 e. The fourth-order valence-electron chi connectivity index (χ4n) is 3.06. The van der Waals surface area contributed by atoms with Gasteiger partial charge in [-0.25, -0.2) is 0 Å². The van der Waals surface area contributed by atoms with Crippen molar-refractivity contribution >= 4 is 0 Å². The first kappa shape index (κ1) is 15.5. The number of likely N-dealkylation sites (tertiary alicyclic amines) is 1. The third-order valence-electron chi connectivity index (χ3n) is 4.54. The molecule has 0 spiro atoms. The minimum Gasteiger partial charge on any atom is -0.310 e. The summed E-state index contributed by atoms with van der Waals surface area (Å²) in [4.78, 5) is 2.45. The first-order valence-electron chi connectivity index (χ1n) is 8.26. The topological polar surface area (TPSA) is 15.3 Å². The summed E-state index contributed by atoms with van der Waals surface area (Å²) in [7, 11) is 2.23. The summed E-state index contributed by atoms with van der Waals surface area (Å²) in [5.41, 5.74) is 1.45. The van der Waals surface area contributed by atoms with E-state index in [-0.39, 0.29) is 0 Å². The van der Waals surface area contributed by atoms with Crippen molar-refractivity contribution in [1.29, 1.82) is 0 Å². The second-order valence-electron chi connectivity index (χ2n) is 6.26. The summed E-state index contributed by atoms with van der Waals surface area (Å²) in [5.74, 6) is 0.860. The van der Waals surface area contributed by atoms with Gasteiger partial charge in [-0.05, 0) is 57.4 Å². The lowest BCUT2D eigenvalue weighted by molar-refractivity contribution is 0.211. The molecule has 1 unspecified atom stereocenters. The van der Waals surface area contributed by atoms with E-state index in [4.69, 9.17) is 0 Å². The lowest BCUT2D eigenvalue weighted by Crippen LogP contribution is -2.36. The van der Waals surface area contributed by atoms with Crippen molar-refractivity contribution in [2.75, 3.05) is 26.7 Å². The fourth-order valence-corrected chi connectivity index (χ4v) is 3.06. The van der Waals surface area contributed by atoms with Crippen LogP contribution < -0.4 is 5.32 Å². The zero-order chi connectivity index (χ0) is 14.2. The quantitative estimate of drug-likeness (QED) is 0.812. The van der Waals surface area contributed by atoms with Crippen molar-refractivity contribution in [2.45, 2.75) is 45.1 Å². The molecule has 0 radical (unpaired) electrons. The molecule has 1 aliphatic heterocycles. The first-order chi connectivity index (χ1) is 9.79. The Labute approximate surface area is 124 Å². The van der Waals surface area contributed by atoms with Gasteiger partial charge in [0.1, 0.15) is 0 Å². The third-order valence-corrected chi connectivity index (χ3v) is 4.54. The van der Waals surface area contributed by atoms with E-state index in [1.807, 2.05) is 0 Å². The Bertz CT molecular complexity index is 355. The van der Waals surface area contributed by atoms with E-state index in [1.165, 1.54) is 57.3 Å². The molecule has 1 aromatic carbocycles. The van der Waals surface area contributed by atoms with Gasteiger partial charge >= 0.3 is 0 Å². The Morgan fingerprint density at radius 1 is 1.20 bits per heavy atom. The fraction of sp³-hybridized carbons (Fsp3) is 0.667. The number of hydrogen-bond donors (Lipinski definition) is 1. The first-order valence-corrected chi connectivity index (χ1v) is 8.26. The number of nitrogens with one attached hydrogen (secondary N) is 1. The average molecular weight is 274 g/mol. The monoisotopic (exact) mass is 274 g/mol. The highest BCUT2D eigenvalue weighted by atomic mass is 15.1. The van der Waals surface area contributed by atoms with Crippen LogP contribution in [0.1, 0.15) is 50.6 Å². The van der Waals surface area contributed by atoms with Gasteiger partial charge in [0.15, 0.2) is 0 Å². The van der Waals surface area contributed by atoms with E-state index in [0.717, 1.165) is 5.92 Å². The molecule has 112 valence electrons. The zero-order valence-corrected chi connectivity index (χ0v) is 13.1. The molecule has 1 aliphatic rings. The van der Waals surface area contributed by atoms with Crippen molar-refractivity contribution in [2.24, 2.45) is 5.92 Å². The Morgan fingerprint density at radius 3 is 2.55 bits per heavy atom. The molecular formula is C18H30N2. The highest BCUT2D eigenvalue weighted by molar-refractivity contribution is 5.18. The number of nitrogens with zero attached hydrogens (tertiary/aromatic N) is 1. The van der Waals surface area contributed by atoms with Crippen LogP contribution >= 0.6 is 0 Å². The predicted molar refractivity (Wildman–Crippen MR) is 86.9 cm³/mol. The molecule has 1 heterocycles. The summed E-state index contributed by atoms with van der Waals surface area (Å²) in [6.45, 7) is 5.98. The third kappa shape index (κ3) is 4.92. The summed E-state index contributed by atoms with van der Waals surface area (Å²) < 4.78 is 0. The Kier molecular flexibility index (Phi) is 6.55. The Morgan fingerprint density at radius 2 is 1.90 bits per heavy atom. The lowest BCUT2D eigenvalue weighted by Gasteiger charge is -2.30. The van der Waals surface area contributed by atoms with E-state index in [9.17, 15) is 0 Å². The molecule has 0 aromatic heterocycles. The number of rotatable bonds is 7. The van der Waals surface area contributed by atoms with Gasteiger partial charge in [-0.1, -0.05) is 50.1 Å². The van der Waals surface area contributed by atoms with Crippen molar-refractivity contribution in [3.8, 4) is 0 Å². The van der Waals surface area contributed by atoms with E-state index in [2.05, 4.69) is 54.5 Å². The maximum Gasteiger partial charge on any atom is 0.0320 e.